The number of ether oxygens (including phenoxy) is 4. The Bertz CT molecular complexity index is 1230. The zero-order valence-electron chi connectivity index (χ0n) is 21.3. The summed E-state index contributed by atoms with van der Waals surface area (Å²) in [4.78, 5) is 25.0. The summed E-state index contributed by atoms with van der Waals surface area (Å²) >= 11 is 0. The van der Waals surface area contributed by atoms with Crippen LogP contribution >= 0.6 is 0 Å². The van der Waals surface area contributed by atoms with Crippen molar-refractivity contribution in [3.63, 3.8) is 0 Å². The summed E-state index contributed by atoms with van der Waals surface area (Å²) < 4.78 is 23.0. The van der Waals surface area contributed by atoms with Crippen LogP contribution in [0.5, 0.6) is 11.5 Å². The topological polar surface area (TPSA) is 107 Å². The molecular formula is C29H31N3O6. The highest BCUT2D eigenvalue weighted by molar-refractivity contribution is 5.89. The quantitative estimate of drug-likeness (QED) is 0.382. The molecule has 3 aromatic rings. The molecule has 0 radical (unpaired) electrons. The monoisotopic (exact) mass is 517 g/mol. The van der Waals surface area contributed by atoms with Crippen molar-refractivity contribution >= 4 is 23.5 Å². The lowest BCUT2D eigenvalue weighted by Crippen LogP contribution is -2.46. The minimum Gasteiger partial charge on any atom is -0.457 e. The number of benzene rings is 3. The maximum Gasteiger partial charge on any atom is 0.412 e. The average molecular weight is 518 g/mol. The maximum atomic E-state index is 12.5. The van der Waals surface area contributed by atoms with Crippen molar-refractivity contribution in [2.45, 2.75) is 44.1 Å². The molecule has 0 saturated carbocycles. The molecule has 0 aromatic heterocycles. The first-order valence-electron chi connectivity index (χ1n) is 12.7. The number of anilines is 2. The first-order valence-corrected chi connectivity index (χ1v) is 12.7. The molecule has 0 aliphatic carbocycles. The number of amides is 3. The Hall–Kier alpha value is -4.08. The second-order valence-electron chi connectivity index (χ2n) is 9.59. The Balaban J connectivity index is 1.08. The lowest BCUT2D eigenvalue weighted by molar-refractivity contribution is 0.00873. The molecule has 3 aromatic carbocycles. The number of carbonyl (C=O) groups is 2. The highest BCUT2D eigenvalue weighted by atomic mass is 16.6. The van der Waals surface area contributed by atoms with Crippen LogP contribution in [0.3, 0.4) is 0 Å². The highest BCUT2D eigenvalue weighted by Crippen LogP contribution is 2.30. The minimum atomic E-state index is -0.612. The zero-order valence-corrected chi connectivity index (χ0v) is 21.3. The number of para-hydroxylation sites is 1. The van der Waals surface area contributed by atoms with Crippen molar-refractivity contribution in [1.82, 2.24) is 5.32 Å². The van der Waals surface area contributed by atoms with Gasteiger partial charge in [-0.25, -0.2) is 9.59 Å². The molecule has 0 unspecified atom stereocenters. The molecule has 2 saturated heterocycles. The normalized spacial score (nSPS) is 22.0. The van der Waals surface area contributed by atoms with E-state index < -0.39 is 24.4 Å². The molecule has 2 aliphatic heterocycles. The van der Waals surface area contributed by atoms with Gasteiger partial charge in [0, 0.05) is 11.4 Å². The van der Waals surface area contributed by atoms with Crippen molar-refractivity contribution in [2.75, 3.05) is 23.8 Å². The predicted molar refractivity (Wildman–Crippen MR) is 143 cm³/mol. The van der Waals surface area contributed by atoms with E-state index in [-0.39, 0.29) is 25.3 Å². The molecule has 198 valence electrons. The predicted octanol–water partition coefficient (Wildman–Crippen LogP) is 5.51. The molecule has 9 heteroatoms. The number of urea groups is 1. The molecule has 9 nitrogen and oxygen atoms in total. The number of carbonyl (C=O) groups excluding carboxylic acids is 2. The van der Waals surface area contributed by atoms with Gasteiger partial charge in [0.05, 0.1) is 19.3 Å². The van der Waals surface area contributed by atoms with Gasteiger partial charge >= 0.3 is 12.1 Å². The average Bonchev–Trinajstić information content (AvgIpc) is 3.49. The molecule has 2 fully saturated rings. The van der Waals surface area contributed by atoms with E-state index in [9.17, 15) is 9.59 Å². The van der Waals surface area contributed by atoms with E-state index in [2.05, 4.69) is 29.8 Å². The number of rotatable bonds is 7. The van der Waals surface area contributed by atoms with Crippen LogP contribution in [0.4, 0.5) is 21.0 Å². The number of fused-ring (bicyclic) bond motifs is 1. The summed E-state index contributed by atoms with van der Waals surface area (Å²) in [6, 6.07) is 23.5. The third kappa shape index (κ3) is 6.24. The molecule has 2 heterocycles. The molecule has 3 amide bonds. The third-order valence-electron chi connectivity index (χ3n) is 6.50. The summed E-state index contributed by atoms with van der Waals surface area (Å²) in [7, 11) is 0. The summed E-state index contributed by atoms with van der Waals surface area (Å²) in [6.07, 6.45) is -2.06. The first kappa shape index (κ1) is 25.6. The summed E-state index contributed by atoms with van der Waals surface area (Å²) in [6.45, 7) is 4.68. The van der Waals surface area contributed by atoms with Crippen molar-refractivity contribution in [2.24, 2.45) is 0 Å². The van der Waals surface area contributed by atoms with Crippen molar-refractivity contribution in [3.05, 3.63) is 84.4 Å². The first-order chi connectivity index (χ1) is 18.4. The Morgan fingerprint density at radius 3 is 2.13 bits per heavy atom. The fourth-order valence-electron chi connectivity index (χ4n) is 4.49. The molecule has 2 aliphatic rings. The van der Waals surface area contributed by atoms with Crippen molar-refractivity contribution in [1.29, 1.82) is 0 Å². The smallest absolute Gasteiger partial charge is 0.412 e. The van der Waals surface area contributed by atoms with Gasteiger partial charge in [0.15, 0.2) is 6.10 Å². The molecule has 0 bridgehead atoms. The van der Waals surface area contributed by atoms with Crippen molar-refractivity contribution < 1.29 is 28.5 Å². The van der Waals surface area contributed by atoms with Crippen molar-refractivity contribution in [3.8, 4) is 11.5 Å². The van der Waals surface area contributed by atoms with Gasteiger partial charge in [0.1, 0.15) is 23.7 Å². The Labute approximate surface area is 221 Å². The SMILES string of the molecule is CC(C)c1ccc(NC(=O)N[C@H]2CO[C@H]3[C@@H]2OC[C@H]3OC(=O)Nc2ccc(Oc3ccccc3)cc2)cc1. The van der Waals surface area contributed by atoms with Crippen LogP contribution in [0.1, 0.15) is 25.3 Å². The molecule has 4 atom stereocenters. The minimum absolute atomic E-state index is 0.184. The van der Waals surface area contributed by atoms with Crippen LogP contribution in [0.2, 0.25) is 0 Å². The molecule has 0 spiro atoms. The van der Waals surface area contributed by atoms with Gasteiger partial charge in [0.25, 0.3) is 0 Å². The van der Waals surface area contributed by atoms with Gasteiger partial charge in [-0.3, -0.25) is 5.32 Å². The van der Waals surface area contributed by atoms with Crippen LogP contribution in [0.15, 0.2) is 78.9 Å². The van der Waals surface area contributed by atoms with Gasteiger partial charge < -0.3 is 29.6 Å². The van der Waals surface area contributed by atoms with Gasteiger partial charge in [0.2, 0.25) is 0 Å². The summed E-state index contributed by atoms with van der Waals surface area (Å²) in [5, 5.41) is 8.46. The van der Waals surface area contributed by atoms with E-state index in [0.717, 1.165) is 5.75 Å². The van der Waals surface area contributed by atoms with E-state index in [1.807, 2.05) is 54.6 Å². The second kappa shape index (κ2) is 11.5. The van der Waals surface area contributed by atoms with Gasteiger partial charge in [-0.2, -0.15) is 0 Å². The fraction of sp³-hybridized carbons (Fsp3) is 0.310. The van der Waals surface area contributed by atoms with E-state index >= 15 is 0 Å². The van der Waals surface area contributed by atoms with Gasteiger partial charge in [-0.1, -0.05) is 44.2 Å². The van der Waals surface area contributed by atoms with E-state index in [1.165, 1.54) is 5.56 Å². The van der Waals surface area contributed by atoms with Gasteiger partial charge in [-0.15, -0.1) is 0 Å². The van der Waals surface area contributed by atoms with Crippen LogP contribution in [-0.2, 0) is 14.2 Å². The van der Waals surface area contributed by atoms with Crippen LogP contribution < -0.4 is 20.7 Å². The third-order valence-corrected chi connectivity index (χ3v) is 6.50. The number of hydrogen-bond donors (Lipinski definition) is 3. The van der Waals surface area contributed by atoms with E-state index in [0.29, 0.717) is 23.0 Å². The number of hydrogen-bond acceptors (Lipinski definition) is 6. The lowest BCUT2D eigenvalue weighted by Gasteiger charge is -2.18. The van der Waals surface area contributed by atoms with Crippen LogP contribution in [0, 0.1) is 0 Å². The standard InChI is InChI=1S/C29H31N3O6/c1-18(2)19-8-10-20(11-9-19)30-28(33)32-24-16-35-27-25(17-36-26(24)27)38-29(34)31-21-12-14-23(15-13-21)37-22-6-4-3-5-7-22/h3-15,18,24-27H,16-17H2,1-2H3,(H,31,34)(H2,30,32,33)/t24-,25+,26+,27+/m0/s1. The highest BCUT2D eigenvalue weighted by Gasteiger charge is 2.50. The van der Waals surface area contributed by atoms with Gasteiger partial charge in [-0.05, 0) is 60.0 Å². The van der Waals surface area contributed by atoms with Crippen LogP contribution in [0.25, 0.3) is 0 Å². The lowest BCUT2D eigenvalue weighted by atomic mass is 10.0. The zero-order chi connectivity index (χ0) is 26.5. The molecular weight excluding hydrogens is 486 g/mol. The van der Waals surface area contributed by atoms with Crippen LogP contribution in [-0.4, -0.2) is 49.7 Å². The van der Waals surface area contributed by atoms with E-state index in [4.69, 9.17) is 18.9 Å². The Morgan fingerprint density at radius 1 is 0.789 bits per heavy atom. The Kier molecular flexibility index (Phi) is 7.76. The number of nitrogens with one attached hydrogen (secondary N) is 3. The molecule has 3 N–H and O–H groups in total. The summed E-state index contributed by atoms with van der Waals surface area (Å²) in [5.41, 5.74) is 2.47. The van der Waals surface area contributed by atoms with E-state index in [1.54, 1.807) is 24.3 Å². The molecule has 38 heavy (non-hydrogen) atoms. The largest absolute Gasteiger partial charge is 0.457 e. The summed E-state index contributed by atoms with van der Waals surface area (Å²) in [5.74, 6) is 1.80. The second-order valence-corrected chi connectivity index (χ2v) is 9.59. The molecule has 5 rings (SSSR count). The fourth-order valence-corrected chi connectivity index (χ4v) is 4.49. The maximum absolute atomic E-state index is 12.5. The Morgan fingerprint density at radius 2 is 1.42 bits per heavy atom.